The Hall–Kier alpha value is -1.71. The summed E-state index contributed by atoms with van der Waals surface area (Å²) in [5.74, 6) is 0.665. The van der Waals surface area contributed by atoms with Crippen molar-refractivity contribution in [1.29, 1.82) is 0 Å². The molecular weight excluding hydrogens is 280 g/mol. The predicted molar refractivity (Wildman–Crippen MR) is 87.0 cm³/mol. The Morgan fingerprint density at radius 2 is 1.50 bits per heavy atom. The molecule has 0 saturated carbocycles. The van der Waals surface area contributed by atoms with Crippen molar-refractivity contribution in [3.8, 4) is 5.75 Å². The second kappa shape index (κ2) is 13.0. The Morgan fingerprint density at radius 3 is 2.18 bits per heavy atom. The van der Waals surface area contributed by atoms with Crippen LogP contribution in [0.5, 0.6) is 5.75 Å². The first kappa shape index (κ1) is 18.3. The van der Waals surface area contributed by atoms with Crippen LogP contribution in [0.15, 0.2) is 30.3 Å². The molecule has 0 radical (unpaired) electrons. The van der Waals surface area contributed by atoms with Crippen LogP contribution in [0.1, 0.15) is 58.3 Å². The molecular formula is C18H28O4. The number of rotatable bonds is 12. The van der Waals surface area contributed by atoms with Gasteiger partial charge in [0.15, 0.2) is 0 Å². The average Bonchev–Trinajstić information content (AvgIpc) is 2.54. The number of carbonyl (C=O) groups is 1. The van der Waals surface area contributed by atoms with Gasteiger partial charge in [-0.15, -0.1) is 0 Å². The van der Waals surface area contributed by atoms with E-state index in [0.717, 1.165) is 12.8 Å². The molecule has 1 rings (SSSR count). The highest BCUT2D eigenvalue weighted by Gasteiger charge is 2.03. The molecule has 0 aliphatic heterocycles. The summed E-state index contributed by atoms with van der Waals surface area (Å²) in [4.78, 5) is 11.3. The Bertz CT molecular complexity index is 378. The maximum atomic E-state index is 11.3. The van der Waals surface area contributed by atoms with E-state index in [-0.39, 0.29) is 6.79 Å². The highest BCUT2D eigenvalue weighted by molar-refractivity contribution is 5.59. The van der Waals surface area contributed by atoms with Crippen LogP contribution in [-0.2, 0) is 9.47 Å². The van der Waals surface area contributed by atoms with Crippen LogP contribution in [0.4, 0.5) is 4.79 Å². The summed E-state index contributed by atoms with van der Waals surface area (Å²) in [6.45, 7) is 2.51. The molecule has 0 aliphatic carbocycles. The van der Waals surface area contributed by atoms with E-state index in [2.05, 4.69) is 6.92 Å². The first-order valence-corrected chi connectivity index (χ1v) is 8.30. The lowest BCUT2D eigenvalue weighted by molar-refractivity contribution is 0.00406. The number of hydrogen-bond acceptors (Lipinski definition) is 4. The monoisotopic (exact) mass is 308 g/mol. The van der Waals surface area contributed by atoms with Gasteiger partial charge in [0, 0.05) is 0 Å². The smallest absolute Gasteiger partial charge is 0.457 e. The lowest BCUT2D eigenvalue weighted by atomic mass is 10.1. The molecule has 0 unspecified atom stereocenters. The molecule has 22 heavy (non-hydrogen) atoms. The molecule has 1 aromatic rings. The molecule has 124 valence electrons. The first-order chi connectivity index (χ1) is 10.8. The van der Waals surface area contributed by atoms with Gasteiger partial charge in [0.1, 0.15) is 5.75 Å². The van der Waals surface area contributed by atoms with E-state index >= 15 is 0 Å². The van der Waals surface area contributed by atoms with Crippen LogP contribution < -0.4 is 4.74 Å². The van der Waals surface area contributed by atoms with Gasteiger partial charge in [0.05, 0.1) is 6.61 Å². The van der Waals surface area contributed by atoms with E-state index in [1.54, 1.807) is 12.1 Å². The largest absolute Gasteiger partial charge is 0.511 e. The maximum absolute atomic E-state index is 11.3. The summed E-state index contributed by atoms with van der Waals surface area (Å²) in [5.41, 5.74) is 0. The molecule has 0 amide bonds. The fraction of sp³-hybridized carbons (Fsp3) is 0.611. The van der Waals surface area contributed by atoms with E-state index in [1.165, 1.54) is 38.5 Å². The summed E-state index contributed by atoms with van der Waals surface area (Å²) >= 11 is 0. The molecule has 0 aliphatic rings. The zero-order valence-electron chi connectivity index (χ0n) is 13.6. The third-order valence-electron chi connectivity index (χ3n) is 3.36. The Labute approximate surface area is 133 Å². The average molecular weight is 308 g/mol. The minimum absolute atomic E-state index is 0.125. The molecule has 4 nitrogen and oxygen atoms in total. The minimum atomic E-state index is -0.668. The zero-order valence-corrected chi connectivity index (χ0v) is 13.6. The summed E-state index contributed by atoms with van der Waals surface area (Å²) in [5, 5.41) is 0. The second-order valence-electron chi connectivity index (χ2n) is 5.29. The Morgan fingerprint density at radius 1 is 0.864 bits per heavy atom. The van der Waals surface area contributed by atoms with Crippen molar-refractivity contribution in [3.05, 3.63) is 30.3 Å². The number of ether oxygens (including phenoxy) is 3. The molecule has 4 heteroatoms. The molecule has 0 N–H and O–H groups in total. The van der Waals surface area contributed by atoms with Crippen LogP contribution >= 0.6 is 0 Å². The zero-order chi connectivity index (χ0) is 15.9. The normalized spacial score (nSPS) is 10.2. The Kier molecular flexibility index (Phi) is 10.8. The number of benzene rings is 1. The van der Waals surface area contributed by atoms with Crippen molar-refractivity contribution in [2.24, 2.45) is 0 Å². The van der Waals surface area contributed by atoms with Crippen molar-refractivity contribution in [3.63, 3.8) is 0 Å². The van der Waals surface area contributed by atoms with Gasteiger partial charge in [0.2, 0.25) is 6.79 Å². The van der Waals surface area contributed by atoms with Gasteiger partial charge in [-0.2, -0.15) is 0 Å². The van der Waals surface area contributed by atoms with Gasteiger partial charge in [0.25, 0.3) is 0 Å². The first-order valence-electron chi connectivity index (χ1n) is 8.30. The van der Waals surface area contributed by atoms with E-state index < -0.39 is 6.16 Å². The van der Waals surface area contributed by atoms with Crippen LogP contribution in [0.25, 0.3) is 0 Å². The maximum Gasteiger partial charge on any atom is 0.511 e. The number of para-hydroxylation sites is 1. The standard InChI is InChI=1S/C18H28O4/c1-2-3-4-5-6-7-8-12-15-20-18(19)22-16-21-17-13-10-9-11-14-17/h9-11,13-14H,2-8,12,15-16H2,1H3. The molecule has 0 aromatic heterocycles. The van der Waals surface area contributed by atoms with Crippen LogP contribution in [0.2, 0.25) is 0 Å². The van der Waals surface area contributed by atoms with Crippen molar-refractivity contribution in [2.45, 2.75) is 58.3 Å². The van der Waals surface area contributed by atoms with Crippen molar-refractivity contribution in [2.75, 3.05) is 13.4 Å². The third-order valence-corrected chi connectivity index (χ3v) is 3.36. The fourth-order valence-electron chi connectivity index (χ4n) is 2.10. The molecule has 0 spiro atoms. The predicted octanol–water partition coefficient (Wildman–Crippen LogP) is 5.32. The summed E-state index contributed by atoms with van der Waals surface area (Å²) in [7, 11) is 0. The molecule has 0 fully saturated rings. The van der Waals surface area contributed by atoms with E-state index in [9.17, 15) is 4.79 Å². The van der Waals surface area contributed by atoms with Crippen molar-refractivity contribution < 1.29 is 19.0 Å². The molecule has 0 saturated heterocycles. The van der Waals surface area contributed by atoms with Crippen molar-refractivity contribution in [1.82, 2.24) is 0 Å². The van der Waals surface area contributed by atoms with E-state index in [1.807, 2.05) is 18.2 Å². The van der Waals surface area contributed by atoms with Crippen LogP contribution in [0.3, 0.4) is 0 Å². The SMILES string of the molecule is CCCCCCCCCCOC(=O)OCOc1ccccc1. The summed E-state index contributed by atoms with van der Waals surface area (Å²) in [6, 6.07) is 9.21. The summed E-state index contributed by atoms with van der Waals surface area (Å²) in [6.07, 6.45) is 9.06. The number of hydrogen-bond donors (Lipinski definition) is 0. The van der Waals surface area contributed by atoms with Crippen LogP contribution in [-0.4, -0.2) is 19.6 Å². The minimum Gasteiger partial charge on any atom is -0.457 e. The Balaban J connectivity index is 1.87. The lowest BCUT2D eigenvalue weighted by Crippen LogP contribution is -2.12. The van der Waals surface area contributed by atoms with E-state index in [4.69, 9.17) is 14.2 Å². The molecule has 0 heterocycles. The molecule has 1 aromatic carbocycles. The van der Waals surface area contributed by atoms with Gasteiger partial charge in [-0.05, 0) is 18.6 Å². The molecule has 0 bridgehead atoms. The number of unbranched alkanes of at least 4 members (excludes halogenated alkanes) is 7. The fourth-order valence-corrected chi connectivity index (χ4v) is 2.10. The highest BCUT2D eigenvalue weighted by Crippen LogP contribution is 2.09. The van der Waals surface area contributed by atoms with Gasteiger partial charge in [-0.1, -0.05) is 70.1 Å². The summed E-state index contributed by atoms with van der Waals surface area (Å²) < 4.78 is 15.1. The van der Waals surface area contributed by atoms with Gasteiger partial charge >= 0.3 is 6.16 Å². The van der Waals surface area contributed by atoms with E-state index in [0.29, 0.717) is 12.4 Å². The topological polar surface area (TPSA) is 44.8 Å². The van der Waals surface area contributed by atoms with Crippen LogP contribution in [0, 0.1) is 0 Å². The number of carbonyl (C=O) groups excluding carboxylic acids is 1. The van der Waals surface area contributed by atoms with Gasteiger partial charge < -0.3 is 14.2 Å². The van der Waals surface area contributed by atoms with Gasteiger partial charge in [-0.3, -0.25) is 0 Å². The third kappa shape index (κ3) is 10.1. The quantitative estimate of drug-likeness (QED) is 0.298. The molecule has 0 atom stereocenters. The second-order valence-corrected chi connectivity index (χ2v) is 5.29. The highest BCUT2D eigenvalue weighted by atomic mass is 16.8. The van der Waals surface area contributed by atoms with Gasteiger partial charge in [-0.25, -0.2) is 4.79 Å². The van der Waals surface area contributed by atoms with Crippen molar-refractivity contribution >= 4 is 6.16 Å². The lowest BCUT2D eigenvalue weighted by Gasteiger charge is -2.07.